The SMILES string of the molecule is CCCNC(CCN(C)C1CCC1)c1cccc(Cl)c1Cl. The van der Waals surface area contributed by atoms with Crippen molar-refractivity contribution in [3.63, 3.8) is 0 Å². The highest BCUT2D eigenvalue weighted by Gasteiger charge is 2.23. The number of hydrogen-bond donors (Lipinski definition) is 1. The van der Waals surface area contributed by atoms with E-state index in [9.17, 15) is 0 Å². The molecule has 1 aliphatic carbocycles. The lowest BCUT2D eigenvalue weighted by Crippen LogP contribution is -2.39. The highest BCUT2D eigenvalue weighted by molar-refractivity contribution is 6.42. The minimum Gasteiger partial charge on any atom is -0.310 e. The summed E-state index contributed by atoms with van der Waals surface area (Å²) in [4.78, 5) is 2.49. The standard InChI is InChI=1S/C17H26Cl2N2/c1-3-11-20-16(10-12-21(2)13-6-4-7-13)14-8-5-9-15(18)17(14)19/h5,8-9,13,16,20H,3-4,6-7,10-12H2,1-2H3. The lowest BCUT2D eigenvalue weighted by molar-refractivity contribution is 0.153. The molecule has 0 aromatic heterocycles. The van der Waals surface area contributed by atoms with Gasteiger partial charge in [0.1, 0.15) is 0 Å². The second-order valence-corrected chi connectivity index (χ2v) is 6.79. The Balaban J connectivity index is 2.01. The fourth-order valence-corrected chi connectivity index (χ4v) is 3.26. The van der Waals surface area contributed by atoms with Gasteiger partial charge in [-0.3, -0.25) is 0 Å². The van der Waals surface area contributed by atoms with Gasteiger partial charge in [-0.2, -0.15) is 0 Å². The Morgan fingerprint density at radius 1 is 1.33 bits per heavy atom. The summed E-state index contributed by atoms with van der Waals surface area (Å²) in [7, 11) is 2.24. The van der Waals surface area contributed by atoms with Crippen LogP contribution in [0.15, 0.2) is 18.2 Å². The first-order chi connectivity index (χ1) is 10.1. The number of halogens is 2. The quantitative estimate of drug-likeness (QED) is 0.729. The topological polar surface area (TPSA) is 15.3 Å². The van der Waals surface area contributed by atoms with Crippen LogP contribution in [-0.2, 0) is 0 Å². The molecule has 2 nitrogen and oxygen atoms in total. The molecular formula is C17H26Cl2N2. The number of nitrogens with zero attached hydrogens (tertiary/aromatic N) is 1. The minimum absolute atomic E-state index is 0.277. The van der Waals surface area contributed by atoms with Gasteiger partial charge in [-0.25, -0.2) is 0 Å². The van der Waals surface area contributed by atoms with Crippen LogP contribution >= 0.6 is 23.2 Å². The lowest BCUT2D eigenvalue weighted by Gasteiger charge is -2.35. The summed E-state index contributed by atoms with van der Waals surface area (Å²) in [6.07, 6.45) is 6.26. The Hall–Kier alpha value is -0.280. The zero-order valence-electron chi connectivity index (χ0n) is 13.0. The van der Waals surface area contributed by atoms with Gasteiger partial charge in [0.2, 0.25) is 0 Å². The van der Waals surface area contributed by atoms with Crippen LogP contribution in [0.25, 0.3) is 0 Å². The van der Waals surface area contributed by atoms with Crippen molar-refractivity contribution < 1.29 is 0 Å². The zero-order chi connectivity index (χ0) is 15.2. The lowest BCUT2D eigenvalue weighted by atomic mass is 9.91. The first-order valence-electron chi connectivity index (χ1n) is 8.01. The molecule has 4 heteroatoms. The molecule has 1 unspecified atom stereocenters. The number of rotatable bonds is 8. The molecule has 1 aliphatic rings. The maximum atomic E-state index is 6.40. The Bertz CT molecular complexity index is 446. The summed E-state index contributed by atoms with van der Waals surface area (Å²) < 4.78 is 0. The van der Waals surface area contributed by atoms with Crippen LogP contribution in [0, 0.1) is 0 Å². The molecule has 1 atom stereocenters. The van der Waals surface area contributed by atoms with Gasteiger partial charge < -0.3 is 10.2 Å². The highest BCUT2D eigenvalue weighted by Crippen LogP contribution is 2.32. The van der Waals surface area contributed by atoms with Crippen LogP contribution in [0.4, 0.5) is 0 Å². The van der Waals surface area contributed by atoms with Crippen molar-refractivity contribution >= 4 is 23.2 Å². The number of benzene rings is 1. The molecule has 1 aromatic rings. The van der Waals surface area contributed by atoms with Crippen molar-refractivity contribution in [2.75, 3.05) is 20.1 Å². The Kier molecular flexibility index (Phi) is 6.81. The molecule has 1 aromatic carbocycles. The predicted molar refractivity (Wildman–Crippen MR) is 92.4 cm³/mol. The average Bonchev–Trinajstić information content (AvgIpc) is 2.41. The van der Waals surface area contributed by atoms with Crippen LogP contribution in [0.5, 0.6) is 0 Å². The Morgan fingerprint density at radius 2 is 2.10 bits per heavy atom. The highest BCUT2D eigenvalue weighted by atomic mass is 35.5. The minimum atomic E-state index is 0.277. The van der Waals surface area contributed by atoms with Gasteiger partial charge in [-0.15, -0.1) is 0 Å². The van der Waals surface area contributed by atoms with Crippen LogP contribution in [0.2, 0.25) is 10.0 Å². The predicted octanol–water partition coefficient (Wildman–Crippen LogP) is 4.91. The summed E-state index contributed by atoms with van der Waals surface area (Å²) in [6.45, 7) is 4.28. The number of hydrogen-bond acceptors (Lipinski definition) is 2. The molecule has 1 saturated carbocycles. The molecule has 0 saturated heterocycles. The fraction of sp³-hybridized carbons (Fsp3) is 0.647. The monoisotopic (exact) mass is 328 g/mol. The van der Waals surface area contributed by atoms with E-state index in [4.69, 9.17) is 23.2 Å². The van der Waals surface area contributed by atoms with E-state index in [0.717, 1.165) is 37.5 Å². The van der Waals surface area contributed by atoms with Crippen molar-refractivity contribution in [1.82, 2.24) is 10.2 Å². The maximum Gasteiger partial charge on any atom is 0.0640 e. The van der Waals surface area contributed by atoms with Crippen molar-refractivity contribution in [1.29, 1.82) is 0 Å². The molecule has 0 amide bonds. The Morgan fingerprint density at radius 3 is 2.71 bits per heavy atom. The first kappa shape index (κ1) is 17.1. The van der Waals surface area contributed by atoms with Gasteiger partial charge in [0, 0.05) is 12.1 Å². The van der Waals surface area contributed by atoms with Gasteiger partial charge >= 0.3 is 0 Å². The van der Waals surface area contributed by atoms with Crippen LogP contribution in [0.3, 0.4) is 0 Å². The van der Waals surface area contributed by atoms with Gasteiger partial charge in [0.25, 0.3) is 0 Å². The largest absolute Gasteiger partial charge is 0.310 e. The molecule has 0 bridgehead atoms. The van der Waals surface area contributed by atoms with E-state index >= 15 is 0 Å². The summed E-state index contributed by atoms with van der Waals surface area (Å²) in [5.74, 6) is 0. The molecule has 0 radical (unpaired) electrons. The van der Waals surface area contributed by atoms with Gasteiger partial charge in [-0.05, 0) is 57.5 Å². The van der Waals surface area contributed by atoms with E-state index in [-0.39, 0.29) is 6.04 Å². The third kappa shape index (κ3) is 4.59. The molecular weight excluding hydrogens is 303 g/mol. The zero-order valence-corrected chi connectivity index (χ0v) is 14.6. The van der Waals surface area contributed by atoms with Crippen LogP contribution < -0.4 is 5.32 Å². The van der Waals surface area contributed by atoms with Crippen molar-refractivity contribution in [2.45, 2.75) is 51.1 Å². The molecule has 118 valence electrons. The summed E-state index contributed by atoms with van der Waals surface area (Å²) >= 11 is 12.6. The maximum absolute atomic E-state index is 6.40. The van der Waals surface area contributed by atoms with E-state index in [2.05, 4.69) is 30.3 Å². The van der Waals surface area contributed by atoms with Gasteiger partial charge in [0.15, 0.2) is 0 Å². The Labute approximate surface area is 138 Å². The molecule has 1 N–H and O–H groups in total. The average molecular weight is 329 g/mol. The second kappa shape index (κ2) is 8.38. The molecule has 0 heterocycles. The third-order valence-electron chi connectivity index (χ3n) is 4.47. The fourth-order valence-electron chi connectivity index (χ4n) is 2.82. The van der Waals surface area contributed by atoms with Crippen LogP contribution in [-0.4, -0.2) is 31.1 Å². The molecule has 0 spiro atoms. The van der Waals surface area contributed by atoms with Gasteiger partial charge in [0.05, 0.1) is 10.0 Å². The third-order valence-corrected chi connectivity index (χ3v) is 5.30. The summed E-state index contributed by atoms with van der Waals surface area (Å²) in [5.41, 5.74) is 1.12. The molecule has 0 aliphatic heterocycles. The normalized spacial score (nSPS) is 17.0. The number of nitrogens with one attached hydrogen (secondary N) is 1. The molecule has 1 fully saturated rings. The van der Waals surface area contributed by atoms with Crippen molar-refractivity contribution in [3.05, 3.63) is 33.8 Å². The van der Waals surface area contributed by atoms with E-state index in [1.165, 1.54) is 19.3 Å². The summed E-state index contributed by atoms with van der Waals surface area (Å²) in [5, 5.41) is 4.95. The van der Waals surface area contributed by atoms with Crippen LogP contribution in [0.1, 0.15) is 50.6 Å². The van der Waals surface area contributed by atoms with E-state index in [1.807, 2.05) is 12.1 Å². The summed E-state index contributed by atoms with van der Waals surface area (Å²) in [6, 6.07) is 6.99. The van der Waals surface area contributed by atoms with E-state index in [0.29, 0.717) is 10.0 Å². The first-order valence-corrected chi connectivity index (χ1v) is 8.76. The molecule has 21 heavy (non-hydrogen) atoms. The second-order valence-electron chi connectivity index (χ2n) is 6.00. The van der Waals surface area contributed by atoms with Gasteiger partial charge in [-0.1, -0.05) is 48.7 Å². The smallest absolute Gasteiger partial charge is 0.0640 e. The van der Waals surface area contributed by atoms with Crippen molar-refractivity contribution in [3.8, 4) is 0 Å². The van der Waals surface area contributed by atoms with E-state index < -0.39 is 0 Å². The van der Waals surface area contributed by atoms with E-state index in [1.54, 1.807) is 0 Å². The molecule has 2 rings (SSSR count). The van der Waals surface area contributed by atoms with Crippen molar-refractivity contribution in [2.24, 2.45) is 0 Å².